The summed E-state index contributed by atoms with van der Waals surface area (Å²) in [4.78, 5) is 16.0. The molecule has 0 saturated carbocycles. The Labute approximate surface area is 223 Å². The van der Waals surface area contributed by atoms with E-state index in [4.69, 9.17) is 23.2 Å². The Balaban J connectivity index is 2.22. The number of hydrogen-bond donors (Lipinski definition) is 1. The zero-order chi connectivity index (χ0) is 26.7. The monoisotopic (exact) mass is 554 g/mol. The third-order valence-electron chi connectivity index (χ3n) is 7.01. The van der Waals surface area contributed by atoms with Crippen molar-refractivity contribution in [3.63, 3.8) is 0 Å². The average molecular weight is 556 g/mol. The van der Waals surface area contributed by atoms with Crippen LogP contribution in [-0.4, -0.2) is 37.6 Å². The number of amides is 1. The summed E-state index contributed by atoms with van der Waals surface area (Å²) in [5, 5.41) is 0.827. The number of rotatable bonds is 10. The van der Waals surface area contributed by atoms with E-state index in [1.807, 2.05) is 26.0 Å². The zero-order valence-corrected chi connectivity index (χ0v) is 23.1. The second-order valence-corrected chi connectivity index (χ2v) is 12.6. The highest BCUT2D eigenvalue weighted by Crippen LogP contribution is 2.52. The number of sulfonamides is 1. The molecule has 1 unspecified atom stereocenters. The van der Waals surface area contributed by atoms with Gasteiger partial charge in [-0.3, -0.25) is 4.79 Å². The summed E-state index contributed by atoms with van der Waals surface area (Å²) in [6.45, 7) is 9.31. The van der Waals surface area contributed by atoms with Crippen LogP contribution >= 0.6 is 23.2 Å². The Bertz CT molecular complexity index is 1190. The molecule has 3 rings (SSSR count). The van der Waals surface area contributed by atoms with Gasteiger partial charge in [-0.25, -0.2) is 17.5 Å². The number of halogens is 3. The maximum atomic E-state index is 14.5. The molecule has 2 aromatic rings. The van der Waals surface area contributed by atoms with Gasteiger partial charge in [0.1, 0.15) is 5.82 Å². The van der Waals surface area contributed by atoms with Crippen molar-refractivity contribution in [1.82, 2.24) is 9.62 Å². The summed E-state index contributed by atoms with van der Waals surface area (Å²) in [6.07, 6.45) is 3.10. The maximum absolute atomic E-state index is 14.5. The van der Waals surface area contributed by atoms with E-state index >= 15 is 0 Å². The van der Waals surface area contributed by atoms with Crippen LogP contribution in [-0.2, 0) is 14.8 Å². The van der Waals surface area contributed by atoms with Crippen LogP contribution in [0.25, 0.3) is 0 Å². The van der Waals surface area contributed by atoms with Gasteiger partial charge >= 0.3 is 0 Å². The van der Waals surface area contributed by atoms with Crippen molar-refractivity contribution in [3.05, 3.63) is 82.1 Å². The van der Waals surface area contributed by atoms with Crippen molar-refractivity contribution < 1.29 is 17.6 Å². The minimum atomic E-state index is -3.47. The summed E-state index contributed by atoms with van der Waals surface area (Å²) in [5.41, 5.74) is 0.692. The Morgan fingerprint density at radius 3 is 2.39 bits per heavy atom. The first kappa shape index (κ1) is 28.6. The van der Waals surface area contributed by atoms with Gasteiger partial charge in [0.25, 0.3) is 0 Å². The molecule has 196 valence electrons. The second kappa shape index (κ2) is 11.6. The Morgan fingerprint density at radius 2 is 1.83 bits per heavy atom. The predicted molar refractivity (Wildman–Crippen MR) is 144 cm³/mol. The van der Waals surface area contributed by atoms with Gasteiger partial charge in [-0.2, -0.15) is 0 Å². The van der Waals surface area contributed by atoms with Gasteiger partial charge < -0.3 is 4.90 Å². The first-order valence-electron chi connectivity index (χ1n) is 12.1. The molecule has 4 atom stereocenters. The molecule has 36 heavy (non-hydrogen) atoms. The third-order valence-corrected chi connectivity index (χ3v) is 8.84. The second-order valence-electron chi connectivity index (χ2n) is 9.59. The van der Waals surface area contributed by atoms with Crippen LogP contribution in [0.15, 0.2) is 55.1 Å². The van der Waals surface area contributed by atoms with Crippen molar-refractivity contribution in [2.75, 3.05) is 12.3 Å². The van der Waals surface area contributed by atoms with Crippen LogP contribution in [0.4, 0.5) is 4.39 Å². The molecule has 9 heteroatoms. The largest absolute Gasteiger partial charge is 0.330 e. The van der Waals surface area contributed by atoms with Crippen LogP contribution in [0, 0.1) is 11.2 Å². The molecular formula is C27H33Cl2FN2O3S. The van der Waals surface area contributed by atoms with Gasteiger partial charge in [-0.15, -0.1) is 6.58 Å². The Kier molecular flexibility index (Phi) is 9.25. The first-order valence-corrected chi connectivity index (χ1v) is 14.5. The lowest BCUT2D eigenvalue weighted by atomic mass is 9.67. The fraction of sp³-hybridized carbons (Fsp3) is 0.444. The van der Waals surface area contributed by atoms with Crippen LogP contribution < -0.4 is 4.72 Å². The minimum Gasteiger partial charge on any atom is -0.330 e. The van der Waals surface area contributed by atoms with Gasteiger partial charge in [0.05, 0.1) is 17.2 Å². The van der Waals surface area contributed by atoms with E-state index in [1.165, 1.54) is 12.1 Å². The zero-order valence-electron chi connectivity index (χ0n) is 20.8. The number of carbonyl (C=O) groups is 1. The van der Waals surface area contributed by atoms with Gasteiger partial charge in [0.15, 0.2) is 0 Å². The van der Waals surface area contributed by atoms with Gasteiger partial charge in [0.2, 0.25) is 15.9 Å². The van der Waals surface area contributed by atoms with E-state index in [2.05, 4.69) is 11.3 Å². The van der Waals surface area contributed by atoms with E-state index in [1.54, 1.807) is 36.1 Å². The van der Waals surface area contributed by atoms with Gasteiger partial charge in [-0.05, 0) is 67.6 Å². The number of likely N-dealkylation sites (tertiary alicyclic amines) is 1. The number of allylic oxidation sites excluding steroid dienone is 1. The quantitative estimate of drug-likeness (QED) is 0.341. The highest BCUT2D eigenvalue weighted by Gasteiger charge is 2.51. The van der Waals surface area contributed by atoms with Crippen molar-refractivity contribution in [1.29, 1.82) is 0 Å². The molecule has 0 radical (unpaired) electrons. The van der Waals surface area contributed by atoms with E-state index < -0.39 is 33.3 Å². The molecule has 1 aliphatic heterocycles. The topological polar surface area (TPSA) is 66.5 Å². The maximum Gasteiger partial charge on any atom is 0.229 e. The summed E-state index contributed by atoms with van der Waals surface area (Å²) < 4.78 is 41.7. The third kappa shape index (κ3) is 6.31. The normalized spacial score (nSPS) is 23.5. The fourth-order valence-electron chi connectivity index (χ4n) is 5.11. The highest BCUT2D eigenvalue weighted by atomic mass is 35.5. The molecule has 2 aromatic carbocycles. The minimum absolute atomic E-state index is 0.0589. The molecule has 1 amide bonds. The van der Waals surface area contributed by atoms with Gasteiger partial charge in [-0.1, -0.05) is 55.3 Å². The molecule has 1 saturated heterocycles. The molecule has 1 heterocycles. The molecule has 0 bridgehead atoms. The molecule has 0 spiro atoms. The number of nitrogens with one attached hydrogen (secondary N) is 1. The first-order chi connectivity index (χ1) is 16.9. The highest BCUT2D eigenvalue weighted by molar-refractivity contribution is 7.89. The molecule has 1 fully saturated rings. The molecule has 1 N–H and O–H groups in total. The predicted octanol–water partition coefficient (Wildman–Crippen LogP) is 6.49. The van der Waals surface area contributed by atoms with Crippen molar-refractivity contribution in [3.8, 4) is 0 Å². The number of piperidine rings is 1. The van der Waals surface area contributed by atoms with Gasteiger partial charge in [0, 0.05) is 28.5 Å². The van der Waals surface area contributed by atoms with Crippen LogP contribution in [0.3, 0.4) is 0 Å². The Morgan fingerprint density at radius 1 is 1.17 bits per heavy atom. The van der Waals surface area contributed by atoms with E-state index in [-0.39, 0.29) is 29.1 Å². The van der Waals surface area contributed by atoms with Crippen LogP contribution in [0.2, 0.25) is 10.0 Å². The van der Waals surface area contributed by atoms with E-state index in [9.17, 15) is 17.6 Å². The number of nitrogens with zero attached hydrogens (tertiary/aromatic N) is 1. The lowest BCUT2D eigenvalue weighted by Crippen LogP contribution is -2.57. The van der Waals surface area contributed by atoms with Crippen molar-refractivity contribution in [2.24, 2.45) is 5.41 Å². The van der Waals surface area contributed by atoms with E-state index in [0.717, 1.165) is 5.56 Å². The summed E-state index contributed by atoms with van der Waals surface area (Å²) >= 11 is 12.4. The fourth-order valence-corrected chi connectivity index (χ4v) is 6.11. The average Bonchev–Trinajstić information content (AvgIpc) is 2.82. The number of carbonyl (C=O) groups excluding carboxylic acids is 1. The smallest absolute Gasteiger partial charge is 0.229 e. The number of hydrogen-bond acceptors (Lipinski definition) is 3. The van der Waals surface area contributed by atoms with Crippen LogP contribution in [0.1, 0.15) is 63.1 Å². The standard InChI is InChI=1S/C27H33Cl2FN2O3S/c1-5-12-27(4)16-24(19-13-21(29)15-22(30)14-19)25(18-8-10-20(28)11-9-18)32(26(27)33)23(6-2)17-31-36(34,35)7-3/h5,8-11,13-15,23-25,31H,1,6-7,12,16-17H2,2-4H3/t23?,24-,25-,27+/m1/s1. The van der Waals surface area contributed by atoms with Crippen molar-refractivity contribution in [2.45, 2.75) is 58.0 Å². The molecule has 0 aliphatic carbocycles. The van der Waals surface area contributed by atoms with Crippen molar-refractivity contribution >= 4 is 39.1 Å². The lowest BCUT2D eigenvalue weighted by Gasteiger charge is -2.52. The summed E-state index contributed by atoms with van der Waals surface area (Å²) in [7, 11) is -3.47. The summed E-state index contributed by atoms with van der Waals surface area (Å²) in [6, 6.07) is 10.8. The molecule has 5 nitrogen and oxygen atoms in total. The lowest BCUT2D eigenvalue weighted by molar-refractivity contribution is -0.154. The Hall–Kier alpha value is -1.93. The number of benzene rings is 2. The molecule has 0 aromatic heterocycles. The van der Waals surface area contributed by atoms with E-state index in [0.29, 0.717) is 29.8 Å². The van der Waals surface area contributed by atoms with Crippen LogP contribution in [0.5, 0.6) is 0 Å². The summed E-state index contributed by atoms with van der Waals surface area (Å²) in [5.74, 6) is -0.914. The SMILES string of the molecule is C=CC[C@@]1(C)C[C@H](c2cc(F)cc(Cl)c2)[C@@H](c2ccc(Cl)cc2)N(C(CC)CNS(=O)(=O)CC)C1=O. The molecular weight excluding hydrogens is 522 g/mol. The molecule has 1 aliphatic rings.